The van der Waals surface area contributed by atoms with Gasteiger partial charge in [-0.25, -0.2) is 9.78 Å². The summed E-state index contributed by atoms with van der Waals surface area (Å²) in [5.41, 5.74) is -0.393. The van der Waals surface area contributed by atoms with Gasteiger partial charge in [-0.2, -0.15) is 0 Å². The molecule has 0 unspecified atom stereocenters. The van der Waals surface area contributed by atoms with Gasteiger partial charge < -0.3 is 9.47 Å². The number of hydrogen-bond donors (Lipinski definition) is 0. The average Bonchev–Trinajstić information content (AvgIpc) is 2.76. The molecule has 132 valence electrons. The maximum atomic E-state index is 6.53. The van der Waals surface area contributed by atoms with E-state index in [0.717, 1.165) is 19.3 Å². The Hall–Kier alpha value is -0.160. The van der Waals surface area contributed by atoms with Crippen LogP contribution in [0.25, 0.3) is 0 Å². The zero-order valence-electron chi connectivity index (χ0n) is 15.0. The molecule has 8 atom stereocenters. The smallest absolute Gasteiger partial charge is 0.201 e. The fraction of sp³-hybridized carbons (Fsp3) is 1.00. The highest BCUT2D eigenvalue weighted by Gasteiger charge is 2.69. The second-order valence-corrected chi connectivity index (χ2v) is 8.59. The first-order chi connectivity index (χ1) is 11.0. The Morgan fingerprint density at radius 2 is 1.87 bits per heavy atom. The SMILES string of the molecule is CCCC[C@H]1O[C@@H]2O[C@]3(C)CC[C@H]4[C@H](C)CC[C@@H]([C@H]1C)[C@@]24OO3. The molecule has 5 aliphatic rings. The number of hydrogen-bond acceptors (Lipinski definition) is 4. The summed E-state index contributed by atoms with van der Waals surface area (Å²) in [7, 11) is 0. The van der Waals surface area contributed by atoms with E-state index in [2.05, 4.69) is 20.8 Å². The van der Waals surface area contributed by atoms with Crippen molar-refractivity contribution in [2.45, 2.75) is 96.4 Å². The fourth-order valence-electron chi connectivity index (χ4n) is 5.71. The van der Waals surface area contributed by atoms with E-state index in [1.807, 2.05) is 6.92 Å². The van der Waals surface area contributed by atoms with E-state index in [-0.39, 0.29) is 12.4 Å². The van der Waals surface area contributed by atoms with Crippen molar-refractivity contribution in [1.29, 1.82) is 0 Å². The zero-order valence-corrected chi connectivity index (χ0v) is 15.0. The number of rotatable bonds is 3. The van der Waals surface area contributed by atoms with Gasteiger partial charge in [-0.1, -0.05) is 33.6 Å². The second-order valence-electron chi connectivity index (χ2n) is 8.59. The summed E-state index contributed by atoms with van der Waals surface area (Å²) in [6.45, 7) is 8.96. The molecule has 2 bridgehead atoms. The lowest BCUT2D eigenvalue weighted by molar-refractivity contribution is -0.571. The lowest BCUT2D eigenvalue weighted by Crippen LogP contribution is -2.70. The predicted molar refractivity (Wildman–Crippen MR) is 86.4 cm³/mol. The third-order valence-electron chi connectivity index (χ3n) is 7.14. The highest BCUT2D eigenvalue weighted by Crippen LogP contribution is 2.60. The maximum Gasteiger partial charge on any atom is 0.201 e. The van der Waals surface area contributed by atoms with Gasteiger partial charge in [0.05, 0.1) is 6.10 Å². The van der Waals surface area contributed by atoms with Crippen molar-refractivity contribution >= 4 is 0 Å². The molecule has 23 heavy (non-hydrogen) atoms. The van der Waals surface area contributed by atoms with Crippen LogP contribution in [0.3, 0.4) is 0 Å². The van der Waals surface area contributed by atoms with Crippen molar-refractivity contribution in [2.75, 3.05) is 0 Å². The molecule has 5 fully saturated rings. The minimum Gasteiger partial charge on any atom is -0.346 e. The zero-order chi connectivity index (χ0) is 16.2. The highest BCUT2D eigenvalue weighted by atomic mass is 17.3. The minimum atomic E-state index is -0.645. The molecule has 0 radical (unpaired) electrons. The Morgan fingerprint density at radius 1 is 1.04 bits per heavy atom. The Morgan fingerprint density at radius 3 is 2.65 bits per heavy atom. The van der Waals surface area contributed by atoms with Gasteiger partial charge in [-0.15, -0.1) is 0 Å². The van der Waals surface area contributed by atoms with Crippen molar-refractivity contribution < 1.29 is 19.2 Å². The third kappa shape index (κ3) is 2.32. The van der Waals surface area contributed by atoms with Gasteiger partial charge in [0, 0.05) is 12.3 Å². The first kappa shape index (κ1) is 16.3. The van der Waals surface area contributed by atoms with Crippen LogP contribution in [0.1, 0.15) is 72.6 Å². The van der Waals surface area contributed by atoms with Crippen molar-refractivity contribution in [3.63, 3.8) is 0 Å². The molecule has 1 spiro atoms. The standard InChI is InChI=1S/C19H32O4/c1-5-6-7-16-13(3)15-9-8-12(2)14-10-11-18(4)21-17(20-16)19(14,15)23-22-18/h12-17H,5-11H2,1-4H3/t12-,13-,14+,15+,16-,17-,18+,19-/m1/s1. The van der Waals surface area contributed by atoms with Gasteiger partial charge in [-0.3, -0.25) is 0 Å². The summed E-state index contributed by atoms with van der Waals surface area (Å²) in [5, 5.41) is 0. The average molecular weight is 324 g/mol. The molecule has 1 saturated carbocycles. The fourth-order valence-corrected chi connectivity index (χ4v) is 5.71. The summed E-state index contributed by atoms with van der Waals surface area (Å²) in [6.07, 6.45) is 8.07. The number of ether oxygens (including phenoxy) is 2. The molecule has 1 aliphatic carbocycles. The van der Waals surface area contributed by atoms with Crippen molar-refractivity contribution in [3.05, 3.63) is 0 Å². The van der Waals surface area contributed by atoms with Gasteiger partial charge in [0.25, 0.3) is 0 Å². The Labute approximate surface area is 140 Å². The van der Waals surface area contributed by atoms with E-state index >= 15 is 0 Å². The lowest BCUT2D eigenvalue weighted by Gasteiger charge is -2.60. The van der Waals surface area contributed by atoms with Crippen molar-refractivity contribution in [1.82, 2.24) is 0 Å². The van der Waals surface area contributed by atoms with Gasteiger partial charge in [0.1, 0.15) is 0 Å². The first-order valence-electron chi connectivity index (χ1n) is 9.70. The monoisotopic (exact) mass is 324 g/mol. The molecule has 0 aromatic heterocycles. The van der Waals surface area contributed by atoms with E-state index in [0.29, 0.717) is 23.7 Å². The topological polar surface area (TPSA) is 36.9 Å². The molecule has 0 aromatic rings. The first-order valence-corrected chi connectivity index (χ1v) is 9.70. The minimum absolute atomic E-state index is 0.264. The molecular formula is C19H32O4. The van der Waals surface area contributed by atoms with Crippen LogP contribution in [0.2, 0.25) is 0 Å². The predicted octanol–water partition coefficient (Wildman–Crippen LogP) is 4.43. The van der Waals surface area contributed by atoms with Crippen LogP contribution < -0.4 is 0 Å². The molecule has 0 N–H and O–H groups in total. The van der Waals surface area contributed by atoms with Gasteiger partial charge in [0.15, 0.2) is 11.9 Å². The largest absolute Gasteiger partial charge is 0.346 e. The molecule has 4 saturated heterocycles. The summed E-state index contributed by atoms with van der Waals surface area (Å²) < 4.78 is 12.9. The highest BCUT2D eigenvalue weighted by molar-refractivity contribution is 5.09. The Bertz CT molecular complexity index is 455. The summed E-state index contributed by atoms with van der Waals surface area (Å²) in [5.74, 6) is 1.46. The molecule has 4 aliphatic heterocycles. The van der Waals surface area contributed by atoms with E-state index in [1.165, 1.54) is 25.7 Å². The van der Waals surface area contributed by atoms with Crippen LogP contribution in [-0.2, 0) is 19.2 Å². The van der Waals surface area contributed by atoms with Crippen LogP contribution in [0.5, 0.6) is 0 Å². The van der Waals surface area contributed by atoms with E-state index in [9.17, 15) is 0 Å². The lowest BCUT2D eigenvalue weighted by atomic mass is 9.57. The molecule has 0 aromatic carbocycles. The molecule has 0 amide bonds. The molecule has 4 heteroatoms. The molecule has 4 nitrogen and oxygen atoms in total. The van der Waals surface area contributed by atoms with E-state index in [1.54, 1.807) is 0 Å². The Balaban J connectivity index is 1.70. The molecule has 5 rings (SSSR count). The second kappa shape index (κ2) is 5.69. The quantitative estimate of drug-likeness (QED) is 0.720. The summed E-state index contributed by atoms with van der Waals surface area (Å²) in [6, 6.07) is 0. The van der Waals surface area contributed by atoms with Crippen molar-refractivity contribution in [3.8, 4) is 0 Å². The third-order valence-corrected chi connectivity index (χ3v) is 7.14. The molecular weight excluding hydrogens is 292 g/mol. The van der Waals surface area contributed by atoms with Crippen LogP contribution in [0, 0.1) is 23.7 Å². The maximum absolute atomic E-state index is 6.53. The number of fused-ring (bicyclic) bond motifs is 2. The van der Waals surface area contributed by atoms with Gasteiger partial charge in [0.2, 0.25) is 5.79 Å². The normalized spacial score (nSPS) is 55.3. The van der Waals surface area contributed by atoms with E-state index < -0.39 is 11.4 Å². The summed E-state index contributed by atoms with van der Waals surface area (Å²) >= 11 is 0. The van der Waals surface area contributed by atoms with Crippen molar-refractivity contribution in [2.24, 2.45) is 23.7 Å². The van der Waals surface area contributed by atoms with Crippen LogP contribution in [0.4, 0.5) is 0 Å². The molecule has 4 heterocycles. The van der Waals surface area contributed by atoms with Crippen LogP contribution in [-0.4, -0.2) is 23.8 Å². The Kier molecular flexibility index (Phi) is 4.03. The van der Waals surface area contributed by atoms with Crippen LogP contribution >= 0.6 is 0 Å². The van der Waals surface area contributed by atoms with Gasteiger partial charge >= 0.3 is 0 Å². The van der Waals surface area contributed by atoms with E-state index in [4.69, 9.17) is 19.2 Å². The van der Waals surface area contributed by atoms with Crippen LogP contribution in [0.15, 0.2) is 0 Å². The van der Waals surface area contributed by atoms with Gasteiger partial charge in [-0.05, 0) is 50.4 Å². The number of unbranched alkanes of at least 4 members (excludes halogenated alkanes) is 1. The summed E-state index contributed by atoms with van der Waals surface area (Å²) in [4.78, 5) is 12.0.